The van der Waals surface area contributed by atoms with Gasteiger partial charge in [-0.3, -0.25) is 4.79 Å². The number of rotatable bonds is 3. The quantitative estimate of drug-likeness (QED) is 0.869. The van der Waals surface area contributed by atoms with Gasteiger partial charge in [0.2, 0.25) is 0 Å². The maximum Gasteiger partial charge on any atom is 0.259 e. The number of benzene rings is 1. The maximum absolute atomic E-state index is 12.6. The van der Waals surface area contributed by atoms with Gasteiger partial charge in [0.25, 0.3) is 5.91 Å². The van der Waals surface area contributed by atoms with Crippen LogP contribution < -0.4 is 9.64 Å². The molecule has 1 fully saturated rings. The summed E-state index contributed by atoms with van der Waals surface area (Å²) in [5.74, 6) is 1.44. The van der Waals surface area contributed by atoms with Crippen LogP contribution in [0.15, 0.2) is 28.8 Å². The van der Waals surface area contributed by atoms with Crippen molar-refractivity contribution in [2.45, 2.75) is 13.8 Å². The number of ether oxygens (including phenoxy) is 1. The molecule has 1 aromatic heterocycles. The van der Waals surface area contributed by atoms with E-state index < -0.39 is 0 Å². The summed E-state index contributed by atoms with van der Waals surface area (Å²) in [6.07, 6.45) is 0. The normalized spacial score (nSPS) is 14.9. The zero-order valence-electron chi connectivity index (χ0n) is 13.7. The zero-order chi connectivity index (χ0) is 16.4. The number of carbonyl (C=O) groups is 1. The number of hydrogen-bond acceptors (Lipinski definition) is 5. The first-order valence-electron chi connectivity index (χ1n) is 7.71. The van der Waals surface area contributed by atoms with Gasteiger partial charge in [0, 0.05) is 37.9 Å². The molecule has 2 heterocycles. The molecule has 0 saturated carbocycles. The molecule has 3 rings (SSSR count). The minimum Gasteiger partial charge on any atom is -0.497 e. The second kappa shape index (κ2) is 6.32. The molecule has 0 radical (unpaired) electrons. The molecule has 1 aliphatic rings. The summed E-state index contributed by atoms with van der Waals surface area (Å²) in [6.45, 7) is 6.53. The molecular weight excluding hydrogens is 294 g/mol. The third-order valence-electron chi connectivity index (χ3n) is 4.23. The summed E-state index contributed by atoms with van der Waals surface area (Å²) >= 11 is 0. The van der Waals surface area contributed by atoms with E-state index in [1.54, 1.807) is 21.0 Å². The summed E-state index contributed by atoms with van der Waals surface area (Å²) in [6, 6.07) is 8.00. The van der Waals surface area contributed by atoms with E-state index in [9.17, 15) is 4.79 Å². The highest BCUT2D eigenvalue weighted by Crippen LogP contribution is 2.23. The van der Waals surface area contributed by atoms with Gasteiger partial charge < -0.3 is 19.1 Å². The van der Waals surface area contributed by atoms with Crippen molar-refractivity contribution in [2.24, 2.45) is 0 Å². The Labute approximate surface area is 135 Å². The van der Waals surface area contributed by atoms with Gasteiger partial charge in [-0.05, 0) is 26.0 Å². The van der Waals surface area contributed by atoms with Crippen molar-refractivity contribution >= 4 is 11.6 Å². The monoisotopic (exact) mass is 315 g/mol. The lowest BCUT2D eigenvalue weighted by Crippen LogP contribution is -2.49. The predicted molar refractivity (Wildman–Crippen MR) is 87.1 cm³/mol. The van der Waals surface area contributed by atoms with Crippen LogP contribution >= 0.6 is 0 Å². The molecule has 23 heavy (non-hydrogen) atoms. The molecule has 0 aliphatic carbocycles. The van der Waals surface area contributed by atoms with Gasteiger partial charge in [0.15, 0.2) is 0 Å². The van der Waals surface area contributed by atoms with Gasteiger partial charge >= 0.3 is 0 Å². The first-order chi connectivity index (χ1) is 11.1. The van der Waals surface area contributed by atoms with E-state index in [1.165, 1.54) is 0 Å². The van der Waals surface area contributed by atoms with Crippen molar-refractivity contribution in [3.63, 3.8) is 0 Å². The van der Waals surface area contributed by atoms with Crippen molar-refractivity contribution < 1.29 is 14.1 Å². The molecule has 0 spiro atoms. The number of hydrogen-bond donors (Lipinski definition) is 0. The number of nitrogens with zero attached hydrogens (tertiary/aromatic N) is 3. The second-order valence-electron chi connectivity index (χ2n) is 5.68. The first-order valence-corrected chi connectivity index (χ1v) is 7.71. The van der Waals surface area contributed by atoms with Gasteiger partial charge in [-0.15, -0.1) is 0 Å². The van der Waals surface area contributed by atoms with Gasteiger partial charge in [0.05, 0.1) is 12.8 Å². The lowest BCUT2D eigenvalue weighted by molar-refractivity contribution is 0.0744. The lowest BCUT2D eigenvalue weighted by Gasteiger charge is -2.36. The molecular formula is C17H21N3O3. The van der Waals surface area contributed by atoms with Gasteiger partial charge in [0.1, 0.15) is 17.1 Å². The van der Waals surface area contributed by atoms with E-state index >= 15 is 0 Å². The SMILES string of the molecule is COc1cccc(N2CCN(C(=O)c3c(C)noc3C)CC2)c1. The van der Waals surface area contributed by atoms with Crippen molar-refractivity contribution in [3.05, 3.63) is 41.3 Å². The van der Waals surface area contributed by atoms with Crippen molar-refractivity contribution in [1.82, 2.24) is 10.1 Å². The fourth-order valence-electron chi connectivity index (χ4n) is 2.92. The number of methoxy groups -OCH3 is 1. The molecule has 6 nitrogen and oxygen atoms in total. The molecule has 0 atom stereocenters. The van der Waals surface area contributed by atoms with E-state index in [2.05, 4.69) is 16.1 Å². The molecule has 1 aromatic carbocycles. The fraction of sp³-hybridized carbons (Fsp3) is 0.412. The maximum atomic E-state index is 12.6. The van der Waals surface area contributed by atoms with Crippen LogP contribution in [0.5, 0.6) is 5.75 Å². The number of aryl methyl sites for hydroxylation is 2. The Bertz CT molecular complexity index is 683. The molecule has 122 valence electrons. The molecule has 1 aliphatic heterocycles. The van der Waals surface area contributed by atoms with Crippen LogP contribution in [-0.2, 0) is 0 Å². The number of carbonyl (C=O) groups excluding carboxylic acids is 1. The smallest absolute Gasteiger partial charge is 0.259 e. The molecule has 1 saturated heterocycles. The molecule has 0 bridgehead atoms. The van der Waals surface area contributed by atoms with Gasteiger partial charge in [-0.25, -0.2) is 0 Å². The van der Waals surface area contributed by atoms with Crippen LogP contribution in [0.4, 0.5) is 5.69 Å². The third-order valence-corrected chi connectivity index (χ3v) is 4.23. The topological polar surface area (TPSA) is 58.8 Å². The lowest BCUT2D eigenvalue weighted by atomic mass is 10.1. The Morgan fingerprint density at radius 1 is 1.22 bits per heavy atom. The number of piperazine rings is 1. The highest BCUT2D eigenvalue weighted by atomic mass is 16.5. The van der Waals surface area contributed by atoms with Crippen LogP contribution in [0.3, 0.4) is 0 Å². The van der Waals surface area contributed by atoms with Crippen LogP contribution in [0.25, 0.3) is 0 Å². The van der Waals surface area contributed by atoms with E-state index in [0.717, 1.165) is 24.5 Å². The van der Waals surface area contributed by atoms with E-state index in [-0.39, 0.29) is 5.91 Å². The zero-order valence-corrected chi connectivity index (χ0v) is 13.7. The van der Waals surface area contributed by atoms with E-state index in [4.69, 9.17) is 9.26 Å². The molecule has 6 heteroatoms. The third kappa shape index (κ3) is 3.02. The summed E-state index contributed by atoms with van der Waals surface area (Å²) < 4.78 is 10.4. The Morgan fingerprint density at radius 3 is 2.57 bits per heavy atom. The van der Waals surface area contributed by atoms with Crippen molar-refractivity contribution in [2.75, 3.05) is 38.2 Å². The number of aromatic nitrogens is 1. The minimum absolute atomic E-state index is 0.00606. The molecule has 0 N–H and O–H groups in total. The highest BCUT2D eigenvalue weighted by molar-refractivity contribution is 5.96. The van der Waals surface area contributed by atoms with Gasteiger partial charge in [-0.2, -0.15) is 0 Å². The second-order valence-corrected chi connectivity index (χ2v) is 5.68. The molecule has 2 aromatic rings. The largest absolute Gasteiger partial charge is 0.497 e. The van der Waals surface area contributed by atoms with Gasteiger partial charge in [-0.1, -0.05) is 11.2 Å². The van der Waals surface area contributed by atoms with Crippen LogP contribution in [-0.4, -0.2) is 49.3 Å². The summed E-state index contributed by atoms with van der Waals surface area (Å²) in [7, 11) is 1.67. The van der Waals surface area contributed by atoms with E-state index in [1.807, 2.05) is 23.1 Å². The summed E-state index contributed by atoms with van der Waals surface area (Å²) in [4.78, 5) is 16.8. The fourth-order valence-corrected chi connectivity index (χ4v) is 2.92. The van der Waals surface area contributed by atoms with Crippen molar-refractivity contribution in [1.29, 1.82) is 0 Å². The highest BCUT2D eigenvalue weighted by Gasteiger charge is 2.26. The summed E-state index contributed by atoms with van der Waals surface area (Å²) in [5, 5.41) is 3.87. The Balaban J connectivity index is 1.67. The Morgan fingerprint density at radius 2 is 1.96 bits per heavy atom. The minimum atomic E-state index is 0.00606. The first kappa shape index (κ1) is 15.4. The Hall–Kier alpha value is -2.50. The average Bonchev–Trinajstić information content (AvgIpc) is 2.93. The average molecular weight is 315 g/mol. The molecule has 1 amide bonds. The van der Waals surface area contributed by atoms with E-state index in [0.29, 0.717) is 30.1 Å². The van der Waals surface area contributed by atoms with Crippen molar-refractivity contribution in [3.8, 4) is 5.75 Å². The predicted octanol–water partition coefficient (Wildman–Crippen LogP) is 2.26. The number of amides is 1. The Kier molecular flexibility index (Phi) is 4.23. The number of anilines is 1. The van der Waals surface area contributed by atoms with Crippen LogP contribution in [0, 0.1) is 13.8 Å². The van der Waals surface area contributed by atoms with Crippen LogP contribution in [0.1, 0.15) is 21.8 Å². The standard InChI is InChI=1S/C17H21N3O3/c1-12-16(13(2)23-18-12)17(21)20-9-7-19(8-10-20)14-5-4-6-15(11-14)22-3/h4-6,11H,7-10H2,1-3H3. The van der Waals surface area contributed by atoms with Crippen LogP contribution in [0.2, 0.25) is 0 Å². The summed E-state index contributed by atoms with van der Waals surface area (Å²) in [5.41, 5.74) is 2.37. The molecule has 0 unspecified atom stereocenters.